The minimum atomic E-state index is 0.0722. The van der Waals surface area contributed by atoms with E-state index in [0.717, 1.165) is 26.2 Å². The van der Waals surface area contributed by atoms with Crippen LogP contribution in [0.2, 0.25) is 0 Å². The lowest BCUT2D eigenvalue weighted by Crippen LogP contribution is -2.58. The van der Waals surface area contributed by atoms with Crippen LogP contribution in [0.4, 0.5) is 5.69 Å². The molecule has 2 saturated heterocycles. The van der Waals surface area contributed by atoms with Gasteiger partial charge < -0.3 is 4.90 Å². The lowest BCUT2D eigenvalue weighted by atomic mass is 9.77. The van der Waals surface area contributed by atoms with Gasteiger partial charge in [-0.2, -0.15) is 5.26 Å². The molecule has 3 atom stereocenters. The third-order valence-corrected chi connectivity index (χ3v) is 5.68. The van der Waals surface area contributed by atoms with Crippen molar-refractivity contribution in [2.75, 3.05) is 24.5 Å². The summed E-state index contributed by atoms with van der Waals surface area (Å²) < 4.78 is 0. The van der Waals surface area contributed by atoms with Crippen molar-refractivity contribution in [2.24, 2.45) is 11.8 Å². The number of anilines is 1. The van der Waals surface area contributed by atoms with Crippen LogP contribution < -0.4 is 4.90 Å². The van der Waals surface area contributed by atoms with Gasteiger partial charge in [0.1, 0.15) is 0 Å². The fourth-order valence-electron chi connectivity index (χ4n) is 4.64. The summed E-state index contributed by atoms with van der Waals surface area (Å²) in [6, 6.07) is 24.3. The first-order valence-corrected chi connectivity index (χ1v) is 9.33. The van der Waals surface area contributed by atoms with Crippen LogP contribution in [0.3, 0.4) is 0 Å². The Bertz CT molecular complexity index is 722. The van der Waals surface area contributed by atoms with Crippen molar-refractivity contribution < 1.29 is 0 Å². The molecule has 0 saturated carbocycles. The van der Waals surface area contributed by atoms with E-state index in [1.165, 1.54) is 24.1 Å². The van der Waals surface area contributed by atoms with E-state index in [9.17, 15) is 5.26 Å². The molecular formula is C22H25N3. The molecule has 0 spiro atoms. The summed E-state index contributed by atoms with van der Waals surface area (Å²) in [6.45, 7) is 3.99. The van der Waals surface area contributed by atoms with Gasteiger partial charge in [0.15, 0.2) is 0 Å². The summed E-state index contributed by atoms with van der Waals surface area (Å²) in [5, 5.41) is 9.88. The quantitative estimate of drug-likeness (QED) is 0.854. The zero-order valence-corrected chi connectivity index (χ0v) is 14.6. The molecule has 2 aliphatic rings. The van der Waals surface area contributed by atoms with E-state index in [1.54, 1.807) is 0 Å². The fourth-order valence-corrected chi connectivity index (χ4v) is 4.64. The Kier molecular flexibility index (Phi) is 4.72. The minimum absolute atomic E-state index is 0.0722. The fraction of sp³-hybridized carbons (Fsp3) is 0.409. The third kappa shape index (κ3) is 3.41. The lowest BCUT2D eigenvalue weighted by Gasteiger charge is -2.50. The second-order valence-corrected chi connectivity index (χ2v) is 7.34. The van der Waals surface area contributed by atoms with Crippen LogP contribution in [0, 0.1) is 23.2 Å². The largest absolute Gasteiger partial charge is 0.367 e. The highest BCUT2D eigenvalue weighted by atomic mass is 15.2. The molecule has 3 heteroatoms. The molecule has 25 heavy (non-hydrogen) atoms. The van der Waals surface area contributed by atoms with Crippen LogP contribution in [0.5, 0.6) is 0 Å². The normalized spacial score (nSPS) is 26.7. The number of rotatable bonds is 3. The highest BCUT2D eigenvalue weighted by Gasteiger charge is 2.42. The Hall–Kier alpha value is -2.31. The predicted molar refractivity (Wildman–Crippen MR) is 101 cm³/mol. The van der Waals surface area contributed by atoms with E-state index in [4.69, 9.17) is 0 Å². The van der Waals surface area contributed by atoms with Gasteiger partial charge in [-0.25, -0.2) is 0 Å². The van der Waals surface area contributed by atoms with Crippen molar-refractivity contribution in [2.45, 2.75) is 25.4 Å². The molecule has 2 aliphatic heterocycles. The maximum Gasteiger partial charge on any atom is 0.0796 e. The molecule has 0 bridgehead atoms. The van der Waals surface area contributed by atoms with Gasteiger partial charge in [-0.15, -0.1) is 0 Å². The maximum absolute atomic E-state index is 9.88. The average molecular weight is 331 g/mol. The molecule has 0 aromatic heterocycles. The maximum atomic E-state index is 9.88. The second-order valence-electron chi connectivity index (χ2n) is 7.34. The second kappa shape index (κ2) is 7.29. The molecule has 128 valence electrons. The zero-order valence-electron chi connectivity index (χ0n) is 14.6. The predicted octanol–water partition coefficient (Wildman–Crippen LogP) is 3.93. The summed E-state index contributed by atoms with van der Waals surface area (Å²) in [4.78, 5) is 4.99. The first-order chi connectivity index (χ1) is 12.3. The number of hydrogen-bond donors (Lipinski definition) is 0. The van der Waals surface area contributed by atoms with Gasteiger partial charge in [0.2, 0.25) is 0 Å². The molecular weight excluding hydrogens is 306 g/mol. The summed E-state index contributed by atoms with van der Waals surface area (Å²) in [6.07, 6.45) is 2.45. The molecule has 4 rings (SSSR count). The summed E-state index contributed by atoms with van der Waals surface area (Å²) in [5.41, 5.74) is 2.61. The molecule has 2 aromatic carbocycles. The van der Waals surface area contributed by atoms with Crippen LogP contribution >= 0.6 is 0 Å². The van der Waals surface area contributed by atoms with Gasteiger partial charge in [0.05, 0.1) is 18.0 Å². The number of benzene rings is 2. The van der Waals surface area contributed by atoms with E-state index in [-0.39, 0.29) is 5.92 Å². The summed E-state index contributed by atoms with van der Waals surface area (Å²) >= 11 is 0. The Morgan fingerprint density at radius 1 is 0.960 bits per heavy atom. The van der Waals surface area contributed by atoms with Crippen molar-refractivity contribution >= 4 is 5.69 Å². The molecule has 0 amide bonds. The van der Waals surface area contributed by atoms with Crippen molar-refractivity contribution in [3.05, 3.63) is 66.2 Å². The van der Waals surface area contributed by atoms with Gasteiger partial charge >= 0.3 is 0 Å². The van der Waals surface area contributed by atoms with Gasteiger partial charge in [-0.05, 0) is 36.5 Å². The topological polar surface area (TPSA) is 30.3 Å². The van der Waals surface area contributed by atoms with E-state index in [2.05, 4.69) is 76.5 Å². The smallest absolute Gasteiger partial charge is 0.0796 e. The van der Waals surface area contributed by atoms with E-state index in [1.807, 2.05) is 0 Å². The van der Waals surface area contributed by atoms with Crippen LogP contribution in [0.25, 0.3) is 0 Å². The van der Waals surface area contributed by atoms with E-state index in [0.29, 0.717) is 12.0 Å². The van der Waals surface area contributed by atoms with Crippen LogP contribution in [0.15, 0.2) is 60.7 Å². The molecule has 0 N–H and O–H groups in total. The van der Waals surface area contributed by atoms with E-state index >= 15 is 0 Å². The van der Waals surface area contributed by atoms with Gasteiger partial charge in [-0.1, -0.05) is 48.5 Å². The Morgan fingerprint density at radius 3 is 2.40 bits per heavy atom. The Balaban J connectivity index is 1.54. The molecule has 2 heterocycles. The monoisotopic (exact) mass is 331 g/mol. The zero-order chi connectivity index (χ0) is 17.1. The van der Waals surface area contributed by atoms with Crippen molar-refractivity contribution in [3.8, 4) is 6.07 Å². The van der Waals surface area contributed by atoms with Crippen LogP contribution in [-0.2, 0) is 6.54 Å². The number of piperidine rings is 2. The third-order valence-electron chi connectivity index (χ3n) is 5.68. The highest BCUT2D eigenvalue weighted by molar-refractivity contribution is 5.48. The first kappa shape index (κ1) is 16.2. The number of fused-ring (bicyclic) bond motifs is 1. The average Bonchev–Trinajstić information content (AvgIpc) is 2.68. The van der Waals surface area contributed by atoms with Gasteiger partial charge in [-0.3, -0.25) is 4.90 Å². The SMILES string of the molecule is N#CC1CN(Cc2ccccc2)CC2CCCN(c3ccccc3)C12. The van der Waals surface area contributed by atoms with Crippen molar-refractivity contribution in [1.29, 1.82) is 5.26 Å². The van der Waals surface area contributed by atoms with Crippen LogP contribution in [-0.4, -0.2) is 30.6 Å². The molecule has 0 radical (unpaired) electrons. The minimum Gasteiger partial charge on any atom is -0.367 e. The van der Waals surface area contributed by atoms with Gasteiger partial charge in [0, 0.05) is 31.9 Å². The van der Waals surface area contributed by atoms with E-state index < -0.39 is 0 Å². The molecule has 3 nitrogen and oxygen atoms in total. The molecule has 2 aromatic rings. The summed E-state index contributed by atoms with van der Waals surface area (Å²) in [7, 11) is 0. The number of para-hydroxylation sites is 1. The number of nitriles is 1. The Labute approximate surface area is 150 Å². The van der Waals surface area contributed by atoms with Gasteiger partial charge in [0.25, 0.3) is 0 Å². The molecule has 3 unspecified atom stereocenters. The number of likely N-dealkylation sites (tertiary alicyclic amines) is 1. The van der Waals surface area contributed by atoms with Crippen molar-refractivity contribution in [1.82, 2.24) is 4.90 Å². The highest BCUT2D eigenvalue weighted by Crippen LogP contribution is 2.37. The standard InChI is InChI=1S/C22H25N3/c23-14-20-17-24(15-18-8-3-1-4-9-18)16-19-10-7-13-25(22(19)20)21-11-5-2-6-12-21/h1-6,8-9,11-12,19-20,22H,7,10,13,15-17H2. The molecule has 2 fully saturated rings. The summed E-state index contributed by atoms with van der Waals surface area (Å²) in [5.74, 6) is 0.652. The van der Waals surface area contributed by atoms with Crippen LogP contribution in [0.1, 0.15) is 18.4 Å². The van der Waals surface area contributed by atoms with Crippen molar-refractivity contribution in [3.63, 3.8) is 0 Å². The Morgan fingerprint density at radius 2 is 1.68 bits per heavy atom. The molecule has 0 aliphatic carbocycles. The first-order valence-electron chi connectivity index (χ1n) is 9.33. The lowest BCUT2D eigenvalue weighted by molar-refractivity contribution is 0.0962. The number of nitrogens with zero attached hydrogens (tertiary/aromatic N) is 3. The number of hydrogen-bond acceptors (Lipinski definition) is 3.